The summed E-state index contributed by atoms with van der Waals surface area (Å²) in [6.45, 7) is 14.3. The van der Waals surface area contributed by atoms with Gasteiger partial charge in [0.05, 0.1) is 5.69 Å². The van der Waals surface area contributed by atoms with Crippen molar-refractivity contribution in [2.24, 2.45) is 0 Å². The van der Waals surface area contributed by atoms with Crippen LogP contribution < -0.4 is 10.1 Å². The van der Waals surface area contributed by atoms with Gasteiger partial charge < -0.3 is 10.1 Å². The molecule has 1 heterocycles. The molecule has 1 N–H and O–H groups in total. The van der Waals surface area contributed by atoms with Crippen LogP contribution in [0.3, 0.4) is 0 Å². The van der Waals surface area contributed by atoms with Crippen LogP contribution >= 0.6 is 0 Å². The van der Waals surface area contributed by atoms with Crippen molar-refractivity contribution in [3.8, 4) is 5.88 Å². The van der Waals surface area contributed by atoms with E-state index in [1.165, 1.54) is 0 Å². The molecule has 0 amide bonds. The summed E-state index contributed by atoms with van der Waals surface area (Å²) < 4.78 is 5.78. The van der Waals surface area contributed by atoms with Gasteiger partial charge in [-0.3, -0.25) is 4.90 Å². The predicted octanol–water partition coefficient (Wildman–Crippen LogP) is 2.69. The van der Waals surface area contributed by atoms with Crippen molar-refractivity contribution < 1.29 is 4.74 Å². The number of aromatic nitrogens is 1. The first kappa shape index (κ1) is 16.9. The van der Waals surface area contributed by atoms with Gasteiger partial charge >= 0.3 is 0 Å². The summed E-state index contributed by atoms with van der Waals surface area (Å²) in [5.74, 6) is 0.716. The first-order chi connectivity index (χ1) is 9.54. The molecular weight excluding hydrogens is 250 g/mol. The summed E-state index contributed by atoms with van der Waals surface area (Å²) in [7, 11) is 0. The second-order valence-electron chi connectivity index (χ2n) is 5.52. The third kappa shape index (κ3) is 5.88. The van der Waals surface area contributed by atoms with E-state index in [0.29, 0.717) is 24.6 Å². The Bertz CT molecular complexity index is 372. The summed E-state index contributed by atoms with van der Waals surface area (Å²) in [5, 5.41) is 3.27. The average molecular weight is 279 g/mol. The highest BCUT2D eigenvalue weighted by Gasteiger charge is 2.12. The standard InChI is InChI=1S/C16H29N3O/c1-6-17-12-15-8-7-9-16(18-15)20-11-10-19(13(2)3)14(4)5/h7-9,13-14,17H,6,10-12H2,1-5H3. The molecule has 0 bridgehead atoms. The van der Waals surface area contributed by atoms with Gasteiger partial charge in [0.2, 0.25) is 5.88 Å². The Hall–Kier alpha value is -1.13. The van der Waals surface area contributed by atoms with Gasteiger partial charge in [-0.2, -0.15) is 0 Å². The lowest BCUT2D eigenvalue weighted by Gasteiger charge is -2.30. The van der Waals surface area contributed by atoms with Gasteiger partial charge in [0.25, 0.3) is 0 Å². The molecule has 1 aromatic heterocycles. The van der Waals surface area contributed by atoms with E-state index in [9.17, 15) is 0 Å². The van der Waals surface area contributed by atoms with Gasteiger partial charge in [0, 0.05) is 31.2 Å². The quantitative estimate of drug-likeness (QED) is 0.754. The maximum Gasteiger partial charge on any atom is 0.213 e. The Labute approximate surface area is 123 Å². The molecule has 0 atom stereocenters. The predicted molar refractivity (Wildman–Crippen MR) is 84.1 cm³/mol. The van der Waals surface area contributed by atoms with Crippen molar-refractivity contribution >= 4 is 0 Å². The Morgan fingerprint density at radius 1 is 1.20 bits per heavy atom. The molecule has 1 rings (SSSR count). The number of rotatable bonds is 9. The van der Waals surface area contributed by atoms with E-state index < -0.39 is 0 Å². The van der Waals surface area contributed by atoms with E-state index >= 15 is 0 Å². The fourth-order valence-corrected chi connectivity index (χ4v) is 2.26. The molecule has 0 radical (unpaired) electrons. The minimum Gasteiger partial charge on any atom is -0.476 e. The second-order valence-corrected chi connectivity index (χ2v) is 5.52. The lowest BCUT2D eigenvalue weighted by molar-refractivity contribution is 0.140. The van der Waals surface area contributed by atoms with Gasteiger partial charge in [-0.1, -0.05) is 13.0 Å². The molecule has 0 aliphatic rings. The number of pyridine rings is 1. The zero-order valence-electron chi connectivity index (χ0n) is 13.5. The number of nitrogens with zero attached hydrogens (tertiary/aromatic N) is 2. The Balaban J connectivity index is 2.45. The molecule has 1 aromatic rings. The van der Waals surface area contributed by atoms with E-state index in [-0.39, 0.29) is 0 Å². The van der Waals surface area contributed by atoms with Crippen LogP contribution in [0.2, 0.25) is 0 Å². The monoisotopic (exact) mass is 279 g/mol. The van der Waals surface area contributed by atoms with Crippen molar-refractivity contribution in [1.82, 2.24) is 15.2 Å². The molecule has 20 heavy (non-hydrogen) atoms. The van der Waals surface area contributed by atoms with Crippen LogP contribution in [0.1, 0.15) is 40.3 Å². The SMILES string of the molecule is CCNCc1cccc(OCCN(C(C)C)C(C)C)n1. The van der Waals surface area contributed by atoms with Crippen molar-refractivity contribution in [2.45, 2.75) is 53.2 Å². The summed E-state index contributed by atoms with van der Waals surface area (Å²) in [6, 6.07) is 7.00. The topological polar surface area (TPSA) is 37.4 Å². The molecule has 0 saturated heterocycles. The maximum atomic E-state index is 5.78. The lowest BCUT2D eigenvalue weighted by atomic mass is 10.2. The van der Waals surface area contributed by atoms with Crippen LogP contribution in [0.4, 0.5) is 0 Å². The van der Waals surface area contributed by atoms with Crippen molar-refractivity contribution in [1.29, 1.82) is 0 Å². The Kier molecular flexibility index (Phi) is 7.55. The van der Waals surface area contributed by atoms with E-state index in [2.05, 4.69) is 49.8 Å². The van der Waals surface area contributed by atoms with Crippen LogP contribution in [-0.4, -0.2) is 41.7 Å². The number of hydrogen-bond donors (Lipinski definition) is 1. The largest absolute Gasteiger partial charge is 0.476 e. The molecule has 0 fully saturated rings. The highest BCUT2D eigenvalue weighted by atomic mass is 16.5. The van der Waals surface area contributed by atoms with Crippen LogP contribution in [0, 0.1) is 0 Å². The summed E-state index contributed by atoms with van der Waals surface area (Å²) in [6.07, 6.45) is 0. The Morgan fingerprint density at radius 2 is 1.90 bits per heavy atom. The highest BCUT2D eigenvalue weighted by molar-refractivity contribution is 5.15. The summed E-state index contributed by atoms with van der Waals surface area (Å²) >= 11 is 0. The molecule has 0 aliphatic heterocycles. The zero-order valence-corrected chi connectivity index (χ0v) is 13.5. The van der Waals surface area contributed by atoms with Crippen LogP contribution in [-0.2, 0) is 6.54 Å². The first-order valence-electron chi connectivity index (χ1n) is 7.59. The third-order valence-electron chi connectivity index (χ3n) is 3.26. The third-order valence-corrected chi connectivity index (χ3v) is 3.26. The number of nitrogens with one attached hydrogen (secondary N) is 1. The first-order valence-corrected chi connectivity index (χ1v) is 7.59. The van der Waals surface area contributed by atoms with Gasteiger partial charge in [0.15, 0.2) is 0 Å². The molecule has 0 aromatic carbocycles. The van der Waals surface area contributed by atoms with E-state index in [1.807, 2.05) is 18.2 Å². The molecule has 114 valence electrons. The molecule has 0 saturated carbocycles. The molecule has 4 heteroatoms. The average Bonchev–Trinajstić information content (AvgIpc) is 2.41. The molecular formula is C16H29N3O. The smallest absolute Gasteiger partial charge is 0.213 e. The highest BCUT2D eigenvalue weighted by Crippen LogP contribution is 2.09. The van der Waals surface area contributed by atoms with Crippen LogP contribution in [0.15, 0.2) is 18.2 Å². The molecule has 0 aliphatic carbocycles. The van der Waals surface area contributed by atoms with Gasteiger partial charge in [0.1, 0.15) is 6.61 Å². The Morgan fingerprint density at radius 3 is 2.50 bits per heavy atom. The number of hydrogen-bond acceptors (Lipinski definition) is 4. The van der Waals surface area contributed by atoms with E-state index in [4.69, 9.17) is 4.74 Å². The minimum absolute atomic E-state index is 0.534. The van der Waals surface area contributed by atoms with Crippen LogP contribution in [0.25, 0.3) is 0 Å². The lowest BCUT2D eigenvalue weighted by Crippen LogP contribution is -2.39. The van der Waals surface area contributed by atoms with Crippen molar-refractivity contribution in [3.05, 3.63) is 23.9 Å². The van der Waals surface area contributed by atoms with Gasteiger partial charge in [-0.05, 0) is 40.3 Å². The van der Waals surface area contributed by atoms with Gasteiger partial charge in [-0.15, -0.1) is 0 Å². The normalized spacial score (nSPS) is 11.6. The second kappa shape index (κ2) is 8.93. The van der Waals surface area contributed by atoms with Crippen LogP contribution in [0.5, 0.6) is 5.88 Å². The summed E-state index contributed by atoms with van der Waals surface area (Å²) in [5.41, 5.74) is 1.02. The molecule has 0 spiro atoms. The zero-order chi connectivity index (χ0) is 15.0. The molecule has 4 nitrogen and oxygen atoms in total. The summed E-state index contributed by atoms with van der Waals surface area (Å²) in [4.78, 5) is 6.91. The fraction of sp³-hybridized carbons (Fsp3) is 0.688. The maximum absolute atomic E-state index is 5.78. The van der Waals surface area contributed by atoms with Crippen molar-refractivity contribution in [3.63, 3.8) is 0 Å². The van der Waals surface area contributed by atoms with E-state index in [0.717, 1.165) is 25.3 Å². The number of ether oxygens (including phenoxy) is 1. The minimum atomic E-state index is 0.534. The fourth-order valence-electron chi connectivity index (χ4n) is 2.26. The van der Waals surface area contributed by atoms with E-state index in [1.54, 1.807) is 0 Å². The van der Waals surface area contributed by atoms with Crippen molar-refractivity contribution in [2.75, 3.05) is 19.7 Å². The molecule has 0 unspecified atom stereocenters. The van der Waals surface area contributed by atoms with Gasteiger partial charge in [-0.25, -0.2) is 4.98 Å².